The van der Waals surface area contributed by atoms with E-state index in [0.29, 0.717) is 5.56 Å². The van der Waals surface area contributed by atoms with Crippen LogP contribution in [-0.2, 0) is 11.3 Å². The van der Waals surface area contributed by atoms with Gasteiger partial charge in [0, 0.05) is 36.3 Å². The molecule has 1 aromatic carbocycles. The molecule has 0 saturated carbocycles. The number of rotatable bonds is 5. The number of carbonyl (C=O) groups is 2. The average Bonchev–Trinajstić information content (AvgIpc) is 3.26. The highest BCUT2D eigenvalue weighted by molar-refractivity contribution is 5.96. The van der Waals surface area contributed by atoms with Crippen molar-refractivity contribution < 1.29 is 14.1 Å². The minimum Gasteiger partial charge on any atom is -0.361 e. The van der Waals surface area contributed by atoms with E-state index in [2.05, 4.69) is 20.3 Å². The zero-order valence-corrected chi connectivity index (χ0v) is 18.5. The van der Waals surface area contributed by atoms with Crippen molar-refractivity contribution in [3.05, 3.63) is 52.9 Å². The molecule has 166 valence electrons. The molecule has 31 heavy (non-hydrogen) atoms. The molecule has 1 N–H and O–H groups in total. The van der Waals surface area contributed by atoms with Gasteiger partial charge in [-0.1, -0.05) is 23.4 Å². The van der Waals surface area contributed by atoms with Crippen molar-refractivity contribution in [2.75, 3.05) is 26.2 Å². The topological polar surface area (TPSA) is 78.7 Å². The van der Waals surface area contributed by atoms with Crippen molar-refractivity contribution in [3.63, 3.8) is 0 Å². The quantitative estimate of drug-likeness (QED) is 0.798. The number of aryl methyl sites for hydroxylation is 2. The lowest BCUT2D eigenvalue weighted by Crippen LogP contribution is -2.51. The summed E-state index contributed by atoms with van der Waals surface area (Å²) in [5, 5.41) is 6.89. The third-order valence-corrected chi connectivity index (χ3v) is 6.91. The normalized spacial score (nSPS) is 21.9. The summed E-state index contributed by atoms with van der Waals surface area (Å²) in [5.41, 5.74) is 2.64. The molecule has 2 aromatic rings. The van der Waals surface area contributed by atoms with Gasteiger partial charge in [0.2, 0.25) is 5.91 Å². The van der Waals surface area contributed by atoms with Crippen LogP contribution in [-0.4, -0.2) is 58.5 Å². The second-order valence-corrected chi connectivity index (χ2v) is 8.85. The van der Waals surface area contributed by atoms with Crippen LogP contribution in [0.1, 0.15) is 59.5 Å². The highest BCUT2D eigenvalue weighted by Crippen LogP contribution is 2.38. The fourth-order valence-corrected chi connectivity index (χ4v) is 5.13. The summed E-state index contributed by atoms with van der Waals surface area (Å²) in [4.78, 5) is 29.9. The Morgan fingerprint density at radius 3 is 2.52 bits per heavy atom. The predicted molar refractivity (Wildman–Crippen MR) is 118 cm³/mol. The smallest absolute Gasteiger partial charge is 0.251 e. The molecular formula is C24H32N4O3. The van der Waals surface area contributed by atoms with E-state index in [1.54, 1.807) is 12.1 Å². The summed E-state index contributed by atoms with van der Waals surface area (Å²) in [6.07, 6.45) is 5.12. The Bertz CT molecular complexity index is 907. The Labute approximate surface area is 183 Å². The van der Waals surface area contributed by atoms with Gasteiger partial charge in [-0.25, -0.2) is 0 Å². The van der Waals surface area contributed by atoms with Gasteiger partial charge in [-0.15, -0.1) is 0 Å². The number of hydrogen-bond acceptors (Lipinski definition) is 5. The van der Waals surface area contributed by atoms with Crippen LogP contribution >= 0.6 is 0 Å². The van der Waals surface area contributed by atoms with Crippen molar-refractivity contribution in [3.8, 4) is 0 Å². The molecule has 1 aromatic heterocycles. The van der Waals surface area contributed by atoms with E-state index in [0.717, 1.165) is 69.7 Å². The van der Waals surface area contributed by atoms with Crippen molar-refractivity contribution in [2.24, 2.45) is 0 Å². The van der Waals surface area contributed by atoms with Crippen LogP contribution in [0.25, 0.3) is 0 Å². The minimum absolute atomic E-state index is 0.0287. The number of aromatic nitrogens is 1. The molecule has 1 atom stereocenters. The third-order valence-electron chi connectivity index (χ3n) is 6.91. The van der Waals surface area contributed by atoms with Gasteiger partial charge >= 0.3 is 0 Å². The van der Waals surface area contributed by atoms with Crippen LogP contribution in [0.3, 0.4) is 0 Å². The first-order valence-corrected chi connectivity index (χ1v) is 11.3. The van der Waals surface area contributed by atoms with Gasteiger partial charge in [0.25, 0.3) is 5.91 Å². The van der Waals surface area contributed by atoms with Crippen molar-refractivity contribution in [1.29, 1.82) is 0 Å². The minimum atomic E-state index is -0.200. The molecule has 7 heteroatoms. The summed E-state index contributed by atoms with van der Waals surface area (Å²) < 4.78 is 5.32. The number of likely N-dealkylation sites (tertiary alicyclic amines) is 2. The molecule has 0 aliphatic carbocycles. The first-order chi connectivity index (χ1) is 15.0. The van der Waals surface area contributed by atoms with Crippen LogP contribution < -0.4 is 5.32 Å². The molecule has 3 heterocycles. The molecule has 2 amide bonds. The van der Waals surface area contributed by atoms with Gasteiger partial charge in [-0.2, -0.15) is 0 Å². The SMILES string of the molecule is Cc1noc(C)c1CN1CCCC2(CCCN2C(=O)CNC(=O)c2ccccc2)CC1. The highest BCUT2D eigenvalue weighted by atomic mass is 16.5. The zero-order valence-electron chi connectivity index (χ0n) is 18.5. The van der Waals surface area contributed by atoms with Crippen molar-refractivity contribution in [1.82, 2.24) is 20.3 Å². The van der Waals surface area contributed by atoms with Gasteiger partial charge < -0.3 is 14.7 Å². The number of benzene rings is 1. The molecule has 2 saturated heterocycles. The van der Waals surface area contributed by atoms with E-state index in [1.165, 1.54) is 5.56 Å². The van der Waals surface area contributed by atoms with E-state index in [-0.39, 0.29) is 23.9 Å². The second kappa shape index (κ2) is 9.22. The molecule has 2 aliphatic heterocycles. The maximum atomic E-state index is 13.1. The number of hydrogen-bond donors (Lipinski definition) is 1. The lowest BCUT2D eigenvalue weighted by atomic mass is 9.87. The molecule has 7 nitrogen and oxygen atoms in total. The molecule has 4 rings (SSSR count). The van der Waals surface area contributed by atoms with E-state index >= 15 is 0 Å². The monoisotopic (exact) mass is 424 g/mol. The maximum Gasteiger partial charge on any atom is 0.251 e. The lowest BCUT2D eigenvalue weighted by Gasteiger charge is -2.38. The summed E-state index contributed by atoms with van der Waals surface area (Å²) in [5.74, 6) is 0.720. The fourth-order valence-electron chi connectivity index (χ4n) is 5.13. The lowest BCUT2D eigenvalue weighted by molar-refractivity contribution is -0.134. The summed E-state index contributed by atoms with van der Waals surface area (Å²) in [6.45, 7) is 7.60. The Balaban J connectivity index is 1.36. The van der Waals surface area contributed by atoms with Crippen molar-refractivity contribution >= 4 is 11.8 Å². The summed E-state index contributed by atoms with van der Waals surface area (Å²) in [6, 6.07) is 9.04. The van der Waals surface area contributed by atoms with Gasteiger partial charge in [-0.3, -0.25) is 14.5 Å². The molecule has 0 radical (unpaired) electrons. The predicted octanol–water partition coefficient (Wildman–Crippen LogP) is 3.07. The summed E-state index contributed by atoms with van der Waals surface area (Å²) >= 11 is 0. The second-order valence-electron chi connectivity index (χ2n) is 8.85. The van der Waals surface area contributed by atoms with E-state index in [4.69, 9.17) is 4.52 Å². The van der Waals surface area contributed by atoms with Crippen LogP contribution in [0.5, 0.6) is 0 Å². The molecule has 2 fully saturated rings. The van der Waals surface area contributed by atoms with Gasteiger partial charge in [0.15, 0.2) is 0 Å². The number of carbonyl (C=O) groups excluding carboxylic acids is 2. The molecule has 2 aliphatic rings. The largest absolute Gasteiger partial charge is 0.361 e. The summed E-state index contributed by atoms with van der Waals surface area (Å²) in [7, 11) is 0. The molecule has 0 bridgehead atoms. The van der Waals surface area contributed by atoms with Crippen LogP contribution in [0.4, 0.5) is 0 Å². The Hall–Kier alpha value is -2.67. The number of nitrogens with one attached hydrogen (secondary N) is 1. The first-order valence-electron chi connectivity index (χ1n) is 11.3. The fraction of sp³-hybridized carbons (Fsp3) is 0.542. The Morgan fingerprint density at radius 2 is 1.81 bits per heavy atom. The van der Waals surface area contributed by atoms with Crippen LogP contribution in [0.15, 0.2) is 34.9 Å². The highest BCUT2D eigenvalue weighted by Gasteiger charge is 2.44. The first kappa shape index (κ1) is 21.6. The van der Waals surface area contributed by atoms with E-state index in [9.17, 15) is 9.59 Å². The maximum absolute atomic E-state index is 13.1. The van der Waals surface area contributed by atoms with Gasteiger partial charge in [0.05, 0.1) is 12.2 Å². The molecule has 1 spiro atoms. The average molecular weight is 425 g/mol. The Morgan fingerprint density at radius 1 is 1.06 bits per heavy atom. The standard InChI is InChI=1S/C24H32N4O3/c1-18-21(19(2)31-26-18)17-27-13-6-10-24(12-15-27)11-7-14-28(24)22(29)16-25-23(30)20-8-4-3-5-9-20/h3-5,8-9H,6-7,10-17H2,1-2H3,(H,25,30). The van der Waals surface area contributed by atoms with Crippen molar-refractivity contribution in [2.45, 2.75) is 58.0 Å². The zero-order chi connectivity index (χ0) is 21.8. The van der Waals surface area contributed by atoms with E-state index < -0.39 is 0 Å². The Kier molecular flexibility index (Phi) is 6.41. The molecule has 1 unspecified atom stereocenters. The van der Waals surface area contributed by atoms with E-state index in [1.807, 2.05) is 32.0 Å². The molecular weight excluding hydrogens is 392 g/mol. The third kappa shape index (κ3) is 4.66. The number of amides is 2. The van der Waals surface area contributed by atoms with Crippen LogP contribution in [0.2, 0.25) is 0 Å². The number of nitrogens with zero attached hydrogens (tertiary/aromatic N) is 3. The van der Waals surface area contributed by atoms with Gasteiger partial charge in [-0.05, 0) is 64.6 Å². The van der Waals surface area contributed by atoms with Crippen LogP contribution in [0, 0.1) is 13.8 Å². The van der Waals surface area contributed by atoms with Gasteiger partial charge in [0.1, 0.15) is 5.76 Å².